The molecule has 26 heavy (non-hydrogen) atoms. The van der Waals surface area contributed by atoms with Gasteiger partial charge in [-0.05, 0) is 75.0 Å². The minimum Gasteiger partial charge on any atom is -0.498 e. The van der Waals surface area contributed by atoms with Gasteiger partial charge in [-0.1, -0.05) is 19.4 Å². The van der Waals surface area contributed by atoms with Crippen molar-refractivity contribution >= 4 is 0 Å². The molecule has 4 heteroatoms. The molecule has 1 fully saturated rings. The van der Waals surface area contributed by atoms with Gasteiger partial charge in [-0.15, -0.1) is 0 Å². The Morgan fingerprint density at radius 3 is 2.38 bits per heavy atom. The zero-order chi connectivity index (χ0) is 18.5. The molecule has 1 aliphatic heterocycles. The predicted molar refractivity (Wildman–Crippen MR) is 99.3 cm³/mol. The number of hydrogen-bond acceptors (Lipinski definition) is 2. The zero-order valence-electron chi connectivity index (χ0n) is 15.9. The van der Waals surface area contributed by atoms with Gasteiger partial charge in [-0.3, -0.25) is 0 Å². The van der Waals surface area contributed by atoms with Crippen LogP contribution in [0.15, 0.2) is 24.0 Å². The molecule has 2 nitrogen and oxygen atoms in total. The lowest BCUT2D eigenvalue weighted by molar-refractivity contribution is 0.104. The van der Waals surface area contributed by atoms with E-state index in [0.29, 0.717) is 24.0 Å². The monoisotopic (exact) mass is 364 g/mol. The molecular weight excluding hydrogens is 334 g/mol. The van der Waals surface area contributed by atoms with Crippen LogP contribution in [0.1, 0.15) is 70.3 Å². The van der Waals surface area contributed by atoms with Gasteiger partial charge < -0.3 is 9.47 Å². The topological polar surface area (TPSA) is 18.5 Å². The fourth-order valence-electron chi connectivity index (χ4n) is 4.34. The van der Waals surface area contributed by atoms with E-state index in [4.69, 9.17) is 9.47 Å². The number of hydrogen-bond donors (Lipinski definition) is 0. The standard InChI is InChI=1S/C22H30F2O2/c1-3-5-15-6-12-19(26-14-15)17-9-7-16(8-10-17)18-11-13-20(25-4-2)22(24)21(18)23/h11-13,15-17H,3-10,14H2,1-2H3. The van der Waals surface area contributed by atoms with Crippen LogP contribution in [-0.2, 0) is 4.74 Å². The van der Waals surface area contributed by atoms with Gasteiger partial charge >= 0.3 is 0 Å². The van der Waals surface area contributed by atoms with E-state index in [1.54, 1.807) is 19.1 Å². The van der Waals surface area contributed by atoms with E-state index in [0.717, 1.165) is 44.5 Å². The van der Waals surface area contributed by atoms with Gasteiger partial charge in [0.05, 0.1) is 19.0 Å². The molecule has 1 unspecified atom stereocenters. The number of allylic oxidation sites excluding steroid dienone is 2. The second-order valence-electron chi connectivity index (χ2n) is 7.57. The molecule has 1 atom stereocenters. The second kappa shape index (κ2) is 8.88. The van der Waals surface area contributed by atoms with Crippen LogP contribution in [0, 0.1) is 23.5 Å². The molecule has 2 aliphatic rings. The van der Waals surface area contributed by atoms with Crippen molar-refractivity contribution in [1.29, 1.82) is 0 Å². The molecule has 0 spiro atoms. The highest BCUT2D eigenvalue weighted by Crippen LogP contribution is 2.42. The molecule has 0 saturated heterocycles. The third-order valence-corrected chi connectivity index (χ3v) is 5.78. The minimum atomic E-state index is -0.855. The summed E-state index contributed by atoms with van der Waals surface area (Å²) in [5.41, 5.74) is 0.492. The van der Waals surface area contributed by atoms with Crippen LogP contribution < -0.4 is 4.74 Å². The Morgan fingerprint density at radius 2 is 1.77 bits per heavy atom. The summed E-state index contributed by atoms with van der Waals surface area (Å²) in [4.78, 5) is 0. The predicted octanol–water partition coefficient (Wildman–Crippen LogP) is 6.36. The number of rotatable bonds is 6. The van der Waals surface area contributed by atoms with Gasteiger partial charge in [0, 0.05) is 5.92 Å². The van der Waals surface area contributed by atoms with Crippen LogP contribution in [0.25, 0.3) is 0 Å². The number of halogens is 2. The summed E-state index contributed by atoms with van der Waals surface area (Å²) in [5.74, 6) is 0.708. The quantitative estimate of drug-likeness (QED) is 0.585. The van der Waals surface area contributed by atoms with Crippen LogP contribution in [0.4, 0.5) is 8.78 Å². The number of benzene rings is 1. The lowest BCUT2D eigenvalue weighted by Crippen LogP contribution is -2.22. The number of ether oxygens (including phenoxy) is 2. The Morgan fingerprint density at radius 1 is 1.04 bits per heavy atom. The third kappa shape index (κ3) is 4.21. The maximum Gasteiger partial charge on any atom is 0.200 e. The molecular formula is C22H30F2O2. The molecule has 0 aromatic heterocycles. The lowest BCUT2D eigenvalue weighted by atomic mass is 9.77. The lowest BCUT2D eigenvalue weighted by Gasteiger charge is -2.33. The van der Waals surface area contributed by atoms with Crippen molar-refractivity contribution in [2.24, 2.45) is 11.8 Å². The molecule has 0 bridgehead atoms. The Balaban J connectivity index is 1.60. The van der Waals surface area contributed by atoms with E-state index >= 15 is 0 Å². The molecule has 1 aromatic carbocycles. The normalized spacial score (nSPS) is 26.2. The van der Waals surface area contributed by atoms with Crippen molar-refractivity contribution in [3.8, 4) is 5.75 Å². The van der Waals surface area contributed by atoms with Gasteiger partial charge in [-0.25, -0.2) is 4.39 Å². The van der Waals surface area contributed by atoms with Gasteiger partial charge in [0.2, 0.25) is 5.82 Å². The highest BCUT2D eigenvalue weighted by Gasteiger charge is 2.30. The molecule has 1 aromatic rings. The Hall–Kier alpha value is -1.58. The summed E-state index contributed by atoms with van der Waals surface area (Å²) in [6.45, 7) is 5.13. The fraction of sp³-hybridized carbons (Fsp3) is 0.636. The third-order valence-electron chi connectivity index (χ3n) is 5.78. The van der Waals surface area contributed by atoms with Crippen molar-refractivity contribution in [2.75, 3.05) is 13.2 Å². The Bertz CT molecular complexity index is 633. The van der Waals surface area contributed by atoms with Gasteiger partial charge in [-0.2, -0.15) is 4.39 Å². The van der Waals surface area contributed by atoms with Crippen molar-refractivity contribution in [2.45, 2.75) is 64.7 Å². The van der Waals surface area contributed by atoms with Crippen molar-refractivity contribution in [3.63, 3.8) is 0 Å². The van der Waals surface area contributed by atoms with Crippen LogP contribution in [0.3, 0.4) is 0 Å². The van der Waals surface area contributed by atoms with Gasteiger partial charge in [0.25, 0.3) is 0 Å². The molecule has 144 valence electrons. The molecule has 1 heterocycles. The first-order valence-corrected chi connectivity index (χ1v) is 10.1. The molecule has 3 rings (SSSR count). The summed E-state index contributed by atoms with van der Waals surface area (Å²) >= 11 is 0. The molecule has 0 N–H and O–H groups in total. The van der Waals surface area contributed by atoms with Crippen LogP contribution in [-0.4, -0.2) is 13.2 Å². The Kier molecular flexibility index (Phi) is 6.55. The first-order valence-electron chi connectivity index (χ1n) is 10.1. The molecule has 0 radical (unpaired) electrons. The highest BCUT2D eigenvalue weighted by atomic mass is 19.2. The average molecular weight is 364 g/mol. The van der Waals surface area contributed by atoms with Crippen molar-refractivity contribution in [1.82, 2.24) is 0 Å². The maximum absolute atomic E-state index is 14.4. The van der Waals surface area contributed by atoms with E-state index in [9.17, 15) is 8.78 Å². The highest BCUT2D eigenvalue weighted by molar-refractivity contribution is 5.33. The van der Waals surface area contributed by atoms with E-state index in [-0.39, 0.29) is 11.7 Å². The minimum absolute atomic E-state index is 0.00447. The van der Waals surface area contributed by atoms with Crippen molar-refractivity contribution in [3.05, 3.63) is 41.2 Å². The summed E-state index contributed by atoms with van der Waals surface area (Å²) < 4.78 is 39.8. The zero-order valence-corrected chi connectivity index (χ0v) is 15.9. The maximum atomic E-state index is 14.4. The average Bonchev–Trinajstić information content (AvgIpc) is 2.67. The van der Waals surface area contributed by atoms with Crippen LogP contribution in [0.2, 0.25) is 0 Å². The van der Waals surface area contributed by atoms with Gasteiger partial charge in [0.1, 0.15) is 0 Å². The first kappa shape index (κ1) is 19.2. The van der Waals surface area contributed by atoms with E-state index in [1.165, 1.54) is 12.8 Å². The molecule has 1 aliphatic carbocycles. The summed E-state index contributed by atoms with van der Waals surface area (Å²) in [5, 5.41) is 0. The summed E-state index contributed by atoms with van der Waals surface area (Å²) in [6, 6.07) is 3.25. The first-order chi connectivity index (χ1) is 12.6. The van der Waals surface area contributed by atoms with Gasteiger partial charge in [0.15, 0.2) is 11.6 Å². The smallest absolute Gasteiger partial charge is 0.200 e. The van der Waals surface area contributed by atoms with E-state index < -0.39 is 11.6 Å². The van der Waals surface area contributed by atoms with Crippen LogP contribution >= 0.6 is 0 Å². The van der Waals surface area contributed by atoms with Crippen molar-refractivity contribution < 1.29 is 18.3 Å². The summed E-state index contributed by atoms with van der Waals surface area (Å²) in [6.07, 6.45) is 9.49. The Labute approximate surface area is 155 Å². The molecule has 0 amide bonds. The summed E-state index contributed by atoms with van der Waals surface area (Å²) in [7, 11) is 0. The SMILES string of the molecule is CCCC1CC=C(C2CCC(c3ccc(OCC)c(F)c3F)CC2)OC1. The van der Waals surface area contributed by atoms with E-state index in [2.05, 4.69) is 13.0 Å². The van der Waals surface area contributed by atoms with Crippen LogP contribution in [0.5, 0.6) is 5.75 Å². The fourth-order valence-corrected chi connectivity index (χ4v) is 4.34. The second-order valence-corrected chi connectivity index (χ2v) is 7.57. The molecule has 1 saturated carbocycles. The largest absolute Gasteiger partial charge is 0.498 e. The van der Waals surface area contributed by atoms with E-state index in [1.807, 2.05) is 0 Å².